The van der Waals surface area contributed by atoms with Crippen LogP contribution in [0.4, 0.5) is 5.13 Å². The Morgan fingerprint density at radius 1 is 1.26 bits per heavy atom. The highest BCUT2D eigenvalue weighted by Crippen LogP contribution is 2.29. The van der Waals surface area contributed by atoms with E-state index in [0.717, 1.165) is 20.2 Å². The Labute approximate surface area is 119 Å². The molecule has 0 radical (unpaired) electrons. The number of hydrogen-bond donors (Lipinski definition) is 0. The van der Waals surface area contributed by atoms with Crippen molar-refractivity contribution in [2.45, 2.75) is 6.92 Å². The summed E-state index contributed by atoms with van der Waals surface area (Å²) in [6.07, 6.45) is 0. The number of carbonyl (C=O) groups excluding carboxylic acids is 1. The predicted molar refractivity (Wildman–Crippen MR) is 81.3 cm³/mol. The number of hydrogen-bond acceptors (Lipinski definition) is 4. The van der Waals surface area contributed by atoms with Crippen LogP contribution < -0.4 is 4.90 Å². The second kappa shape index (κ2) is 5.11. The number of amides is 1. The zero-order valence-corrected chi connectivity index (χ0v) is 12.0. The van der Waals surface area contributed by atoms with Crippen LogP contribution in [-0.4, -0.2) is 17.4 Å². The molecule has 0 saturated heterocycles. The van der Waals surface area contributed by atoms with E-state index in [0.29, 0.717) is 6.54 Å². The van der Waals surface area contributed by atoms with Gasteiger partial charge in [0.1, 0.15) is 0 Å². The summed E-state index contributed by atoms with van der Waals surface area (Å²) in [6.45, 7) is 2.59. The van der Waals surface area contributed by atoms with E-state index in [2.05, 4.69) is 4.98 Å². The summed E-state index contributed by atoms with van der Waals surface area (Å²) in [5.74, 6) is 0.0246. The van der Waals surface area contributed by atoms with Gasteiger partial charge in [0.25, 0.3) is 5.91 Å². The molecule has 2 heterocycles. The van der Waals surface area contributed by atoms with Crippen molar-refractivity contribution in [3.63, 3.8) is 0 Å². The standard InChI is InChI=1S/C14H12N2OS2/c1-2-16(13(17)12-8-5-9-18-12)14-15-10-6-3-4-7-11(10)19-14/h3-9H,2H2,1H3. The van der Waals surface area contributed by atoms with Gasteiger partial charge in [0.15, 0.2) is 5.13 Å². The van der Waals surface area contributed by atoms with Crippen molar-refractivity contribution in [1.29, 1.82) is 0 Å². The molecule has 0 aliphatic rings. The fourth-order valence-electron chi connectivity index (χ4n) is 1.87. The molecule has 0 saturated carbocycles. The van der Waals surface area contributed by atoms with Crippen molar-refractivity contribution < 1.29 is 4.79 Å². The van der Waals surface area contributed by atoms with E-state index in [-0.39, 0.29) is 5.91 Å². The molecule has 0 fully saturated rings. The fraction of sp³-hybridized carbons (Fsp3) is 0.143. The molecule has 96 valence electrons. The molecule has 0 spiro atoms. The third-order valence-corrected chi connectivity index (χ3v) is 4.72. The van der Waals surface area contributed by atoms with Crippen molar-refractivity contribution >= 4 is 43.9 Å². The molecule has 2 aromatic heterocycles. The van der Waals surface area contributed by atoms with Gasteiger partial charge in [-0.2, -0.15) is 0 Å². The molecule has 0 atom stereocenters. The molecule has 5 heteroatoms. The molecule has 3 nitrogen and oxygen atoms in total. The van der Waals surface area contributed by atoms with E-state index in [4.69, 9.17) is 0 Å². The van der Waals surface area contributed by atoms with Gasteiger partial charge in [0, 0.05) is 6.54 Å². The first-order valence-corrected chi connectivity index (χ1v) is 7.70. The number of rotatable bonds is 3. The van der Waals surface area contributed by atoms with Crippen LogP contribution in [0.5, 0.6) is 0 Å². The molecule has 0 bridgehead atoms. The third-order valence-electron chi connectivity index (χ3n) is 2.81. The second-order valence-corrected chi connectivity index (χ2v) is 5.95. The average Bonchev–Trinajstić information content (AvgIpc) is 3.08. The van der Waals surface area contributed by atoms with E-state index in [1.54, 1.807) is 16.2 Å². The topological polar surface area (TPSA) is 33.2 Å². The lowest BCUT2D eigenvalue weighted by molar-refractivity contribution is 0.0992. The Bertz CT molecular complexity index is 670. The predicted octanol–water partition coefficient (Wildman–Crippen LogP) is 4.02. The Kier molecular flexibility index (Phi) is 3.31. The maximum Gasteiger partial charge on any atom is 0.270 e. The summed E-state index contributed by atoms with van der Waals surface area (Å²) in [4.78, 5) is 19.4. The first kappa shape index (κ1) is 12.3. The van der Waals surface area contributed by atoms with Gasteiger partial charge in [0.2, 0.25) is 0 Å². The van der Waals surface area contributed by atoms with Crippen LogP contribution in [-0.2, 0) is 0 Å². The van der Waals surface area contributed by atoms with Crippen LogP contribution in [0.1, 0.15) is 16.6 Å². The number of fused-ring (bicyclic) bond motifs is 1. The fourth-order valence-corrected chi connectivity index (χ4v) is 3.57. The Hall–Kier alpha value is -1.72. The lowest BCUT2D eigenvalue weighted by Gasteiger charge is -2.16. The number of thiazole rings is 1. The molecular formula is C14H12N2OS2. The first-order chi connectivity index (χ1) is 9.29. The van der Waals surface area contributed by atoms with Gasteiger partial charge in [-0.3, -0.25) is 9.69 Å². The highest BCUT2D eigenvalue weighted by atomic mass is 32.1. The number of carbonyl (C=O) groups is 1. The molecule has 1 amide bonds. The number of aromatic nitrogens is 1. The quantitative estimate of drug-likeness (QED) is 0.729. The van der Waals surface area contributed by atoms with Crippen molar-refractivity contribution in [2.75, 3.05) is 11.4 Å². The summed E-state index contributed by atoms with van der Waals surface area (Å²) in [5.41, 5.74) is 0.944. The van der Waals surface area contributed by atoms with E-state index < -0.39 is 0 Å². The van der Waals surface area contributed by atoms with E-state index in [1.807, 2.05) is 48.7 Å². The Morgan fingerprint density at radius 2 is 2.11 bits per heavy atom. The number of benzene rings is 1. The monoisotopic (exact) mass is 288 g/mol. The molecular weight excluding hydrogens is 276 g/mol. The van der Waals surface area contributed by atoms with Gasteiger partial charge in [-0.05, 0) is 30.5 Å². The minimum atomic E-state index is 0.0246. The van der Waals surface area contributed by atoms with Gasteiger partial charge < -0.3 is 0 Å². The highest BCUT2D eigenvalue weighted by Gasteiger charge is 2.20. The SMILES string of the molecule is CCN(C(=O)c1cccs1)c1nc2ccccc2s1. The zero-order chi connectivity index (χ0) is 13.2. The van der Waals surface area contributed by atoms with Crippen molar-refractivity contribution in [1.82, 2.24) is 4.98 Å². The van der Waals surface area contributed by atoms with Gasteiger partial charge in [-0.15, -0.1) is 11.3 Å². The summed E-state index contributed by atoms with van der Waals surface area (Å²) >= 11 is 3.02. The molecule has 0 aliphatic heterocycles. The molecule has 3 rings (SSSR count). The number of para-hydroxylation sites is 1. The van der Waals surface area contributed by atoms with E-state index in [1.165, 1.54) is 11.3 Å². The number of thiophene rings is 1. The molecule has 1 aromatic carbocycles. The largest absolute Gasteiger partial charge is 0.284 e. The molecule has 3 aromatic rings. The maximum atomic E-state index is 12.4. The minimum Gasteiger partial charge on any atom is -0.284 e. The van der Waals surface area contributed by atoms with Gasteiger partial charge in [-0.25, -0.2) is 4.98 Å². The van der Waals surface area contributed by atoms with E-state index in [9.17, 15) is 4.79 Å². The number of nitrogens with zero attached hydrogens (tertiary/aromatic N) is 2. The first-order valence-electron chi connectivity index (χ1n) is 6.00. The van der Waals surface area contributed by atoms with Crippen molar-refractivity contribution in [3.8, 4) is 0 Å². The lowest BCUT2D eigenvalue weighted by atomic mass is 10.3. The van der Waals surface area contributed by atoms with Gasteiger partial charge >= 0.3 is 0 Å². The Balaban J connectivity index is 2.00. The number of anilines is 1. The van der Waals surface area contributed by atoms with Gasteiger partial charge in [-0.1, -0.05) is 29.5 Å². The van der Waals surface area contributed by atoms with Crippen LogP contribution in [0.25, 0.3) is 10.2 Å². The average molecular weight is 288 g/mol. The maximum absolute atomic E-state index is 12.4. The van der Waals surface area contributed by atoms with Crippen LogP contribution in [0, 0.1) is 0 Å². The van der Waals surface area contributed by atoms with Crippen molar-refractivity contribution in [2.24, 2.45) is 0 Å². The van der Waals surface area contributed by atoms with Gasteiger partial charge in [0.05, 0.1) is 15.1 Å². The molecule has 19 heavy (non-hydrogen) atoms. The van der Waals surface area contributed by atoms with Crippen LogP contribution in [0.3, 0.4) is 0 Å². The summed E-state index contributed by atoms with van der Waals surface area (Å²) in [7, 11) is 0. The normalized spacial score (nSPS) is 10.8. The van der Waals surface area contributed by atoms with Crippen LogP contribution >= 0.6 is 22.7 Å². The zero-order valence-electron chi connectivity index (χ0n) is 10.4. The minimum absolute atomic E-state index is 0.0246. The third kappa shape index (κ3) is 2.27. The molecule has 0 N–H and O–H groups in total. The second-order valence-electron chi connectivity index (χ2n) is 3.99. The van der Waals surface area contributed by atoms with Crippen LogP contribution in [0.15, 0.2) is 41.8 Å². The van der Waals surface area contributed by atoms with Crippen LogP contribution in [0.2, 0.25) is 0 Å². The smallest absolute Gasteiger partial charge is 0.270 e. The highest BCUT2D eigenvalue weighted by molar-refractivity contribution is 7.22. The summed E-state index contributed by atoms with van der Waals surface area (Å²) in [6, 6.07) is 11.7. The summed E-state index contributed by atoms with van der Waals surface area (Å²) < 4.78 is 1.11. The Morgan fingerprint density at radius 3 is 2.79 bits per heavy atom. The van der Waals surface area contributed by atoms with Crippen molar-refractivity contribution in [3.05, 3.63) is 46.7 Å². The molecule has 0 unspecified atom stereocenters. The lowest BCUT2D eigenvalue weighted by Crippen LogP contribution is -2.29. The molecule has 0 aliphatic carbocycles. The van der Waals surface area contributed by atoms with E-state index >= 15 is 0 Å². The summed E-state index contributed by atoms with van der Waals surface area (Å²) in [5, 5.41) is 2.68.